The summed E-state index contributed by atoms with van der Waals surface area (Å²) in [5, 5.41) is 3.50. The summed E-state index contributed by atoms with van der Waals surface area (Å²) in [5.74, 6) is 0.946. The fraction of sp³-hybridized carbons (Fsp3) is 0.467. The van der Waals surface area contributed by atoms with Gasteiger partial charge >= 0.3 is 0 Å². The summed E-state index contributed by atoms with van der Waals surface area (Å²) < 4.78 is 5.63. The number of ether oxygens (including phenoxy) is 1. The van der Waals surface area contributed by atoms with Gasteiger partial charge in [0.25, 0.3) is 0 Å². The second kappa shape index (κ2) is 5.87. The lowest BCUT2D eigenvalue weighted by Gasteiger charge is -2.07. The first kappa shape index (κ1) is 12.2. The molecule has 0 bridgehead atoms. The standard InChI is InChI=1S/C15H21NO/c1-12(2)9-10-17-15-7-3-13(4-8-15)11-16-14-5-6-14/h3-4,7-8,14,16H,1,5-6,9-11H2,2H3. The summed E-state index contributed by atoms with van der Waals surface area (Å²) in [5.41, 5.74) is 2.49. The van der Waals surface area contributed by atoms with Crippen LogP contribution in [-0.4, -0.2) is 12.6 Å². The third kappa shape index (κ3) is 4.61. The van der Waals surface area contributed by atoms with Crippen LogP contribution in [0.1, 0.15) is 31.7 Å². The Balaban J connectivity index is 1.73. The molecular formula is C15H21NO. The Labute approximate surface area is 104 Å². The second-order valence-corrected chi connectivity index (χ2v) is 4.85. The molecule has 1 aromatic carbocycles. The van der Waals surface area contributed by atoms with E-state index in [0.29, 0.717) is 0 Å². The van der Waals surface area contributed by atoms with E-state index in [1.807, 2.05) is 19.1 Å². The highest BCUT2D eigenvalue weighted by molar-refractivity contribution is 5.27. The molecule has 2 heteroatoms. The number of nitrogens with one attached hydrogen (secondary N) is 1. The molecular weight excluding hydrogens is 210 g/mol. The van der Waals surface area contributed by atoms with E-state index in [2.05, 4.69) is 24.0 Å². The molecule has 0 amide bonds. The van der Waals surface area contributed by atoms with Crippen LogP contribution in [0.2, 0.25) is 0 Å². The topological polar surface area (TPSA) is 21.3 Å². The van der Waals surface area contributed by atoms with Crippen molar-refractivity contribution in [1.29, 1.82) is 0 Å². The third-order valence-electron chi connectivity index (χ3n) is 2.89. The molecule has 0 atom stereocenters. The molecule has 0 aliphatic heterocycles. The van der Waals surface area contributed by atoms with Gasteiger partial charge in [0.1, 0.15) is 5.75 Å². The average molecular weight is 231 g/mol. The number of hydrogen-bond acceptors (Lipinski definition) is 2. The highest BCUT2D eigenvalue weighted by Gasteiger charge is 2.19. The normalized spacial score (nSPS) is 14.6. The summed E-state index contributed by atoms with van der Waals surface area (Å²) >= 11 is 0. The van der Waals surface area contributed by atoms with Crippen molar-refractivity contribution in [3.63, 3.8) is 0 Å². The summed E-state index contributed by atoms with van der Waals surface area (Å²) in [6.45, 7) is 7.57. The fourth-order valence-electron chi connectivity index (χ4n) is 1.60. The minimum absolute atomic E-state index is 0.717. The monoisotopic (exact) mass is 231 g/mol. The lowest BCUT2D eigenvalue weighted by molar-refractivity contribution is 0.321. The van der Waals surface area contributed by atoms with E-state index in [1.54, 1.807) is 0 Å². The molecule has 17 heavy (non-hydrogen) atoms. The Morgan fingerprint density at radius 2 is 2.06 bits per heavy atom. The molecule has 0 spiro atoms. The van der Waals surface area contributed by atoms with E-state index in [9.17, 15) is 0 Å². The number of rotatable bonds is 7. The van der Waals surface area contributed by atoms with Gasteiger partial charge in [0.2, 0.25) is 0 Å². The van der Waals surface area contributed by atoms with Gasteiger partial charge in [-0.3, -0.25) is 0 Å². The Morgan fingerprint density at radius 1 is 1.35 bits per heavy atom. The van der Waals surface area contributed by atoms with Gasteiger partial charge in [0.15, 0.2) is 0 Å². The summed E-state index contributed by atoms with van der Waals surface area (Å²) in [6.07, 6.45) is 3.59. The van der Waals surface area contributed by atoms with Crippen molar-refractivity contribution < 1.29 is 4.74 Å². The van der Waals surface area contributed by atoms with Crippen LogP contribution in [0.25, 0.3) is 0 Å². The van der Waals surface area contributed by atoms with E-state index in [1.165, 1.54) is 18.4 Å². The van der Waals surface area contributed by atoms with Crippen LogP contribution < -0.4 is 10.1 Å². The number of benzene rings is 1. The molecule has 1 fully saturated rings. The summed E-state index contributed by atoms with van der Waals surface area (Å²) in [4.78, 5) is 0. The largest absolute Gasteiger partial charge is 0.493 e. The minimum Gasteiger partial charge on any atom is -0.493 e. The van der Waals surface area contributed by atoms with Crippen molar-refractivity contribution in [2.45, 2.75) is 38.8 Å². The predicted molar refractivity (Wildman–Crippen MR) is 71.2 cm³/mol. The van der Waals surface area contributed by atoms with E-state index >= 15 is 0 Å². The van der Waals surface area contributed by atoms with Crippen LogP contribution >= 0.6 is 0 Å². The molecule has 1 saturated carbocycles. The predicted octanol–water partition coefficient (Wildman–Crippen LogP) is 3.28. The highest BCUT2D eigenvalue weighted by Crippen LogP contribution is 2.20. The first-order valence-electron chi connectivity index (χ1n) is 6.33. The SMILES string of the molecule is C=C(C)CCOc1ccc(CNC2CC2)cc1. The molecule has 0 unspecified atom stereocenters. The molecule has 0 aromatic heterocycles. The first-order valence-corrected chi connectivity index (χ1v) is 6.33. The van der Waals surface area contributed by atoms with Crippen LogP contribution in [0.3, 0.4) is 0 Å². The van der Waals surface area contributed by atoms with E-state index in [-0.39, 0.29) is 0 Å². The van der Waals surface area contributed by atoms with Crippen molar-refractivity contribution in [2.75, 3.05) is 6.61 Å². The van der Waals surface area contributed by atoms with E-state index < -0.39 is 0 Å². The molecule has 1 N–H and O–H groups in total. The molecule has 1 aliphatic rings. The lowest BCUT2D eigenvalue weighted by atomic mass is 10.2. The Bertz CT molecular complexity index is 365. The van der Waals surface area contributed by atoms with E-state index in [0.717, 1.165) is 36.9 Å². The molecule has 0 heterocycles. The smallest absolute Gasteiger partial charge is 0.119 e. The molecule has 0 radical (unpaired) electrons. The number of hydrogen-bond donors (Lipinski definition) is 1. The van der Waals surface area contributed by atoms with Gasteiger partial charge in [-0.2, -0.15) is 0 Å². The Morgan fingerprint density at radius 3 is 2.65 bits per heavy atom. The molecule has 1 aromatic rings. The second-order valence-electron chi connectivity index (χ2n) is 4.85. The van der Waals surface area contributed by atoms with Gasteiger partial charge < -0.3 is 10.1 Å². The maximum absolute atomic E-state index is 5.63. The van der Waals surface area contributed by atoms with Gasteiger partial charge in [-0.25, -0.2) is 0 Å². The quantitative estimate of drug-likeness (QED) is 0.727. The van der Waals surface area contributed by atoms with Gasteiger partial charge in [0, 0.05) is 19.0 Å². The van der Waals surface area contributed by atoms with Crippen molar-refractivity contribution in [3.05, 3.63) is 42.0 Å². The van der Waals surface area contributed by atoms with Crippen molar-refractivity contribution in [3.8, 4) is 5.75 Å². The average Bonchev–Trinajstić information content (AvgIpc) is 3.11. The Hall–Kier alpha value is -1.28. The molecule has 2 nitrogen and oxygen atoms in total. The zero-order chi connectivity index (χ0) is 12.1. The summed E-state index contributed by atoms with van der Waals surface area (Å²) in [6, 6.07) is 9.11. The van der Waals surface area contributed by atoms with Crippen LogP contribution in [-0.2, 0) is 6.54 Å². The van der Waals surface area contributed by atoms with Crippen LogP contribution in [0.5, 0.6) is 5.75 Å². The van der Waals surface area contributed by atoms with Crippen LogP contribution in [0, 0.1) is 0 Å². The maximum atomic E-state index is 5.63. The molecule has 2 rings (SSSR count). The molecule has 1 aliphatic carbocycles. The minimum atomic E-state index is 0.717. The molecule has 0 saturated heterocycles. The van der Waals surface area contributed by atoms with Gasteiger partial charge in [-0.1, -0.05) is 17.7 Å². The van der Waals surface area contributed by atoms with Gasteiger partial charge in [-0.05, 0) is 37.5 Å². The van der Waals surface area contributed by atoms with Gasteiger partial charge in [-0.15, -0.1) is 6.58 Å². The van der Waals surface area contributed by atoms with Gasteiger partial charge in [0.05, 0.1) is 6.61 Å². The van der Waals surface area contributed by atoms with Crippen LogP contribution in [0.4, 0.5) is 0 Å². The zero-order valence-electron chi connectivity index (χ0n) is 10.5. The highest BCUT2D eigenvalue weighted by atomic mass is 16.5. The van der Waals surface area contributed by atoms with Crippen LogP contribution in [0.15, 0.2) is 36.4 Å². The third-order valence-corrected chi connectivity index (χ3v) is 2.89. The maximum Gasteiger partial charge on any atom is 0.119 e. The first-order chi connectivity index (χ1) is 8.24. The fourth-order valence-corrected chi connectivity index (χ4v) is 1.60. The molecule has 92 valence electrons. The van der Waals surface area contributed by atoms with Crippen molar-refractivity contribution in [1.82, 2.24) is 5.32 Å². The van der Waals surface area contributed by atoms with Crippen molar-refractivity contribution >= 4 is 0 Å². The zero-order valence-corrected chi connectivity index (χ0v) is 10.5. The van der Waals surface area contributed by atoms with Crippen molar-refractivity contribution in [2.24, 2.45) is 0 Å². The van der Waals surface area contributed by atoms with E-state index in [4.69, 9.17) is 4.74 Å². The lowest BCUT2D eigenvalue weighted by Crippen LogP contribution is -2.15. The summed E-state index contributed by atoms with van der Waals surface area (Å²) in [7, 11) is 0. The Kier molecular flexibility index (Phi) is 4.21.